The number of carbonyl (C=O) groups excluding carboxylic acids is 1. The molecule has 1 amide bonds. The number of piperazine rings is 1. The Bertz CT molecular complexity index is 803. The second kappa shape index (κ2) is 7.00. The van der Waals surface area contributed by atoms with Crippen LogP contribution in [-0.2, 0) is 21.2 Å². The highest BCUT2D eigenvalue weighted by atomic mass is 32.2. The number of sulfone groups is 1. The number of amides is 1. The number of fused-ring (bicyclic) bond motifs is 1. The molecular weight excluding hydrogens is 356 g/mol. The number of carboxylic acid groups (broad SMARTS) is 1. The fraction of sp³-hybridized carbons (Fsp3) is 0.556. The lowest BCUT2D eigenvalue weighted by molar-refractivity contribution is -0.140. The molecule has 0 aliphatic carbocycles. The lowest BCUT2D eigenvalue weighted by atomic mass is 10.0. The number of nitrogens with zero attached hydrogens (tertiary/aromatic N) is 2. The zero-order valence-electron chi connectivity index (χ0n) is 15.0. The molecule has 0 spiro atoms. The molecule has 2 aliphatic heterocycles. The fourth-order valence-electron chi connectivity index (χ4n) is 3.81. The number of aromatic carboxylic acids is 1. The van der Waals surface area contributed by atoms with Gasteiger partial charge >= 0.3 is 5.97 Å². The van der Waals surface area contributed by atoms with E-state index in [1.54, 1.807) is 29.2 Å². The molecule has 0 aromatic heterocycles. The van der Waals surface area contributed by atoms with Gasteiger partial charge in [-0.05, 0) is 17.7 Å². The van der Waals surface area contributed by atoms with E-state index in [9.17, 15) is 18.0 Å². The molecule has 3 rings (SSSR count). The highest BCUT2D eigenvalue weighted by Crippen LogP contribution is 2.29. The summed E-state index contributed by atoms with van der Waals surface area (Å²) in [6.07, 6.45) is 0. The fourth-order valence-corrected chi connectivity index (χ4v) is 5.83. The quantitative estimate of drug-likeness (QED) is 0.832. The minimum Gasteiger partial charge on any atom is -0.478 e. The highest BCUT2D eigenvalue weighted by Gasteiger charge is 2.48. The van der Waals surface area contributed by atoms with E-state index in [-0.39, 0.29) is 41.0 Å². The molecule has 2 saturated heterocycles. The number of carboxylic acids is 1. The summed E-state index contributed by atoms with van der Waals surface area (Å²) in [6.45, 7) is 5.32. The van der Waals surface area contributed by atoms with Crippen LogP contribution in [0.3, 0.4) is 0 Å². The van der Waals surface area contributed by atoms with Gasteiger partial charge in [0, 0.05) is 31.6 Å². The van der Waals surface area contributed by atoms with E-state index in [4.69, 9.17) is 5.11 Å². The first-order chi connectivity index (χ1) is 12.2. The van der Waals surface area contributed by atoms with Gasteiger partial charge in [0.15, 0.2) is 9.84 Å². The Labute approximate surface area is 153 Å². The van der Waals surface area contributed by atoms with E-state index < -0.39 is 15.8 Å². The maximum atomic E-state index is 12.5. The van der Waals surface area contributed by atoms with Gasteiger partial charge in [-0.25, -0.2) is 13.2 Å². The molecule has 7 nitrogen and oxygen atoms in total. The molecule has 26 heavy (non-hydrogen) atoms. The second-order valence-electron chi connectivity index (χ2n) is 7.37. The molecule has 142 valence electrons. The van der Waals surface area contributed by atoms with Crippen LogP contribution in [0.1, 0.15) is 29.8 Å². The maximum absolute atomic E-state index is 12.5. The first-order valence-corrected chi connectivity index (χ1v) is 10.6. The highest BCUT2D eigenvalue weighted by molar-refractivity contribution is 7.91. The van der Waals surface area contributed by atoms with Crippen molar-refractivity contribution in [1.29, 1.82) is 0 Å². The summed E-state index contributed by atoms with van der Waals surface area (Å²) >= 11 is 0. The zero-order valence-corrected chi connectivity index (χ0v) is 15.8. The van der Waals surface area contributed by atoms with Gasteiger partial charge < -0.3 is 10.0 Å². The summed E-state index contributed by atoms with van der Waals surface area (Å²) in [5, 5.41) is 8.99. The lowest BCUT2D eigenvalue weighted by Gasteiger charge is -2.44. The van der Waals surface area contributed by atoms with E-state index in [2.05, 4.69) is 4.90 Å². The molecule has 1 N–H and O–H groups in total. The Kier molecular flexibility index (Phi) is 5.07. The third-order valence-electron chi connectivity index (χ3n) is 5.15. The smallest absolute Gasteiger partial charge is 0.335 e. The van der Waals surface area contributed by atoms with Gasteiger partial charge in [-0.15, -0.1) is 0 Å². The first-order valence-electron chi connectivity index (χ1n) is 8.75. The van der Waals surface area contributed by atoms with Crippen molar-refractivity contribution in [2.75, 3.05) is 24.6 Å². The van der Waals surface area contributed by atoms with Crippen LogP contribution in [0.4, 0.5) is 0 Å². The average molecular weight is 380 g/mol. The molecule has 8 heteroatoms. The SMILES string of the molecule is CC(C)C(=O)N1CCN(Cc2ccc(C(=O)O)cc2)[C@H]2CS(=O)(=O)C[C@H]21. The van der Waals surface area contributed by atoms with Crippen LogP contribution >= 0.6 is 0 Å². The largest absolute Gasteiger partial charge is 0.478 e. The molecule has 2 aliphatic rings. The average Bonchev–Trinajstić information content (AvgIpc) is 2.90. The van der Waals surface area contributed by atoms with Crippen LogP contribution in [-0.4, -0.2) is 71.9 Å². The van der Waals surface area contributed by atoms with Crippen LogP contribution in [0.15, 0.2) is 24.3 Å². The summed E-state index contributed by atoms with van der Waals surface area (Å²) < 4.78 is 24.4. The Balaban J connectivity index is 1.79. The van der Waals surface area contributed by atoms with Gasteiger partial charge in [-0.3, -0.25) is 9.69 Å². The number of hydrogen-bond donors (Lipinski definition) is 1. The first kappa shape index (κ1) is 18.8. The van der Waals surface area contributed by atoms with Crippen molar-refractivity contribution >= 4 is 21.7 Å². The van der Waals surface area contributed by atoms with E-state index >= 15 is 0 Å². The van der Waals surface area contributed by atoms with Crippen LogP contribution in [0.5, 0.6) is 0 Å². The molecular formula is C18H24N2O5S. The van der Waals surface area contributed by atoms with Crippen LogP contribution in [0.25, 0.3) is 0 Å². The number of rotatable bonds is 4. The monoisotopic (exact) mass is 380 g/mol. The molecule has 1 aromatic carbocycles. The van der Waals surface area contributed by atoms with Crippen LogP contribution < -0.4 is 0 Å². The summed E-state index contributed by atoms with van der Waals surface area (Å²) in [5.74, 6) is -1.05. The molecule has 0 bridgehead atoms. The van der Waals surface area contributed by atoms with E-state index in [0.717, 1.165) is 5.56 Å². The minimum absolute atomic E-state index is 0.00237. The van der Waals surface area contributed by atoms with E-state index in [1.165, 1.54) is 0 Å². The van der Waals surface area contributed by atoms with E-state index in [1.807, 2.05) is 13.8 Å². The topological polar surface area (TPSA) is 95.0 Å². The van der Waals surface area contributed by atoms with Gasteiger partial charge in [-0.2, -0.15) is 0 Å². The van der Waals surface area contributed by atoms with Crippen molar-refractivity contribution in [2.24, 2.45) is 5.92 Å². The molecule has 0 unspecified atom stereocenters. The lowest BCUT2D eigenvalue weighted by Crippen LogP contribution is -2.60. The summed E-state index contributed by atoms with van der Waals surface area (Å²) in [6, 6.07) is 6.11. The number of benzene rings is 1. The molecule has 2 atom stereocenters. The Morgan fingerprint density at radius 3 is 2.31 bits per heavy atom. The Morgan fingerprint density at radius 2 is 1.73 bits per heavy atom. The van der Waals surface area contributed by atoms with Crippen LogP contribution in [0, 0.1) is 5.92 Å². The molecule has 2 heterocycles. The predicted molar refractivity (Wildman–Crippen MR) is 96.6 cm³/mol. The van der Waals surface area contributed by atoms with Gasteiger partial charge in [0.25, 0.3) is 0 Å². The molecule has 0 radical (unpaired) electrons. The zero-order chi connectivity index (χ0) is 19.1. The van der Waals surface area contributed by atoms with Gasteiger partial charge in [0.05, 0.1) is 23.1 Å². The number of hydrogen-bond acceptors (Lipinski definition) is 5. The molecule has 2 fully saturated rings. The third-order valence-corrected chi connectivity index (χ3v) is 6.85. The molecule has 0 saturated carbocycles. The van der Waals surface area contributed by atoms with Crippen molar-refractivity contribution in [1.82, 2.24) is 9.80 Å². The Hall–Kier alpha value is -1.93. The van der Waals surface area contributed by atoms with E-state index in [0.29, 0.717) is 19.6 Å². The van der Waals surface area contributed by atoms with Gasteiger partial charge in [-0.1, -0.05) is 26.0 Å². The normalized spacial score (nSPS) is 25.3. The Morgan fingerprint density at radius 1 is 1.12 bits per heavy atom. The standard InChI is InChI=1S/C18H24N2O5S/c1-12(2)17(21)20-8-7-19(15-10-26(24,25)11-16(15)20)9-13-3-5-14(6-4-13)18(22)23/h3-6,12,15-16H,7-11H2,1-2H3,(H,22,23)/t15-,16+/m0/s1. The second-order valence-corrected chi connectivity index (χ2v) is 9.52. The van der Waals surface area contributed by atoms with Crippen LogP contribution in [0.2, 0.25) is 0 Å². The van der Waals surface area contributed by atoms with Gasteiger partial charge in [0.1, 0.15) is 0 Å². The molecule has 1 aromatic rings. The van der Waals surface area contributed by atoms with Crippen molar-refractivity contribution < 1.29 is 23.1 Å². The summed E-state index contributed by atoms with van der Waals surface area (Å²) in [5.41, 5.74) is 1.16. The predicted octanol–water partition coefficient (Wildman–Crippen LogP) is 0.851. The summed E-state index contributed by atoms with van der Waals surface area (Å²) in [4.78, 5) is 27.3. The van der Waals surface area contributed by atoms with Crippen molar-refractivity contribution in [3.63, 3.8) is 0 Å². The third kappa shape index (κ3) is 3.76. The minimum atomic E-state index is -3.18. The van der Waals surface area contributed by atoms with Crippen molar-refractivity contribution in [2.45, 2.75) is 32.5 Å². The van der Waals surface area contributed by atoms with Gasteiger partial charge in [0.2, 0.25) is 5.91 Å². The van der Waals surface area contributed by atoms with Crippen molar-refractivity contribution in [3.8, 4) is 0 Å². The number of carbonyl (C=O) groups is 2. The van der Waals surface area contributed by atoms with Crippen molar-refractivity contribution in [3.05, 3.63) is 35.4 Å². The summed E-state index contributed by atoms with van der Waals surface area (Å²) in [7, 11) is -3.18. The maximum Gasteiger partial charge on any atom is 0.335 e.